The van der Waals surface area contributed by atoms with Gasteiger partial charge in [-0.1, -0.05) is 31.2 Å². The van der Waals surface area contributed by atoms with Crippen molar-refractivity contribution in [1.82, 2.24) is 9.21 Å². The molecule has 24 heavy (non-hydrogen) atoms. The van der Waals surface area contributed by atoms with Crippen molar-refractivity contribution in [3.8, 4) is 0 Å². The third-order valence-electron chi connectivity index (χ3n) is 5.04. The summed E-state index contributed by atoms with van der Waals surface area (Å²) in [4.78, 5) is 2.14. The molecule has 2 aliphatic rings. The molecular weight excluding hydrogens is 348 g/mol. The van der Waals surface area contributed by atoms with Gasteiger partial charge in [0.1, 0.15) is 0 Å². The van der Waals surface area contributed by atoms with E-state index in [1.165, 1.54) is 15.4 Å². The van der Waals surface area contributed by atoms with Crippen molar-refractivity contribution >= 4 is 19.9 Å². The van der Waals surface area contributed by atoms with Crippen molar-refractivity contribution in [3.05, 3.63) is 35.4 Å². The van der Waals surface area contributed by atoms with E-state index in [1.54, 1.807) is 0 Å². The lowest BCUT2D eigenvalue weighted by Gasteiger charge is -2.42. The number of rotatable bonds is 4. The number of aryl methyl sites for hydroxylation is 1. The monoisotopic (exact) mass is 372 g/mol. The Morgan fingerprint density at radius 3 is 2.33 bits per heavy atom. The lowest BCUT2D eigenvalue weighted by atomic mass is 10.0. The van der Waals surface area contributed by atoms with Gasteiger partial charge in [0.05, 0.1) is 23.8 Å². The zero-order valence-corrected chi connectivity index (χ0v) is 15.7. The Labute approximate surface area is 144 Å². The quantitative estimate of drug-likeness (QED) is 0.769. The maximum absolute atomic E-state index is 12.1. The molecule has 2 atom stereocenters. The average Bonchev–Trinajstić information content (AvgIpc) is 2.82. The van der Waals surface area contributed by atoms with E-state index in [-0.39, 0.29) is 17.5 Å². The molecule has 0 N–H and O–H groups in total. The molecule has 1 aromatic rings. The first-order valence-corrected chi connectivity index (χ1v) is 11.9. The summed E-state index contributed by atoms with van der Waals surface area (Å²) in [6.07, 6.45) is 2.09. The second-order valence-electron chi connectivity index (χ2n) is 6.68. The van der Waals surface area contributed by atoms with Crippen LogP contribution in [0.4, 0.5) is 0 Å². The molecule has 0 saturated carbocycles. The lowest BCUT2D eigenvalue weighted by Crippen LogP contribution is -2.59. The van der Waals surface area contributed by atoms with E-state index in [0.29, 0.717) is 19.6 Å². The second-order valence-corrected chi connectivity index (χ2v) is 10.8. The highest BCUT2D eigenvalue weighted by Crippen LogP contribution is 2.30. The van der Waals surface area contributed by atoms with E-state index in [2.05, 4.69) is 24.0 Å². The van der Waals surface area contributed by atoms with Gasteiger partial charge in [0.25, 0.3) is 0 Å². The van der Waals surface area contributed by atoms with Crippen molar-refractivity contribution in [1.29, 1.82) is 0 Å². The molecule has 2 heterocycles. The maximum Gasteiger partial charge on any atom is 0.211 e. The molecule has 0 bridgehead atoms. The summed E-state index contributed by atoms with van der Waals surface area (Å²) in [6, 6.07) is 7.43. The largest absolute Gasteiger partial charge is 0.292 e. The summed E-state index contributed by atoms with van der Waals surface area (Å²) >= 11 is 0. The SMILES string of the molecule is CCc1ccccc1CN1CCN(S(C)(=O)=O)[C@@H]2CS(=O)(=O)C[C@@H]21. The van der Waals surface area contributed by atoms with Crippen LogP contribution in [-0.4, -0.2) is 69.0 Å². The molecule has 2 fully saturated rings. The van der Waals surface area contributed by atoms with E-state index >= 15 is 0 Å². The van der Waals surface area contributed by atoms with Crippen LogP contribution in [0.1, 0.15) is 18.1 Å². The van der Waals surface area contributed by atoms with Gasteiger partial charge in [-0.2, -0.15) is 4.31 Å². The van der Waals surface area contributed by atoms with Gasteiger partial charge in [-0.3, -0.25) is 4.90 Å². The molecule has 0 spiro atoms. The van der Waals surface area contributed by atoms with Gasteiger partial charge in [0.15, 0.2) is 9.84 Å². The van der Waals surface area contributed by atoms with Crippen molar-refractivity contribution in [2.24, 2.45) is 0 Å². The van der Waals surface area contributed by atoms with Crippen LogP contribution in [0.5, 0.6) is 0 Å². The van der Waals surface area contributed by atoms with Gasteiger partial charge in [0, 0.05) is 25.7 Å². The van der Waals surface area contributed by atoms with Crippen molar-refractivity contribution < 1.29 is 16.8 Å². The number of sulfonamides is 1. The van der Waals surface area contributed by atoms with E-state index in [9.17, 15) is 16.8 Å². The van der Waals surface area contributed by atoms with Gasteiger partial charge in [0.2, 0.25) is 10.0 Å². The van der Waals surface area contributed by atoms with E-state index in [1.807, 2.05) is 12.1 Å². The van der Waals surface area contributed by atoms with Crippen molar-refractivity contribution in [2.45, 2.75) is 32.0 Å². The molecule has 0 aromatic heterocycles. The van der Waals surface area contributed by atoms with Crippen molar-refractivity contribution in [2.75, 3.05) is 30.9 Å². The number of sulfone groups is 1. The fourth-order valence-electron chi connectivity index (χ4n) is 3.88. The van der Waals surface area contributed by atoms with E-state index < -0.39 is 25.9 Å². The number of benzene rings is 1. The van der Waals surface area contributed by atoms with Crippen LogP contribution in [-0.2, 0) is 32.8 Å². The molecule has 0 aliphatic carbocycles. The molecule has 134 valence electrons. The minimum absolute atomic E-state index is 0.0397. The van der Waals surface area contributed by atoms with Gasteiger partial charge < -0.3 is 0 Å². The smallest absolute Gasteiger partial charge is 0.211 e. The van der Waals surface area contributed by atoms with Gasteiger partial charge in [-0.25, -0.2) is 16.8 Å². The summed E-state index contributed by atoms with van der Waals surface area (Å²) < 4.78 is 49.7. The summed E-state index contributed by atoms with van der Waals surface area (Å²) in [7, 11) is -6.61. The predicted molar refractivity (Wildman–Crippen MR) is 94.0 cm³/mol. The zero-order chi connectivity index (χ0) is 17.5. The molecule has 8 heteroatoms. The minimum Gasteiger partial charge on any atom is -0.292 e. The molecule has 3 rings (SSSR count). The molecule has 0 radical (unpaired) electrons. The normalized spacial score (nSPS) is 27.9. The zero-order valence-electron chi connectivity index (χ0n) is 14.1. The Morgan fingerprint density at radius 1 is 1.08 bits per heavy atom. The first-order valence-electron chi connectivity index (χ1n) is 8.19. The van der Waals surface area contributed by atoms with E-state index in [0.717, 1.165) is 12.7 Å². The Morgan fingerprint density at radius 2 is 1.71 bits per heavy atom. The van der Waals surface area contributed by atoms with Crippen LogP contribution in [0.25, 0.3) is 0 Å². The summed E-state index contributed by atoms with van der Waals surface area (Å²) in [5.41, 5.74) is 2.44. The van der Waals surface area contributed by atoms with Crippen LogP contribution in [0.2, 0.25) is 0 Å². The first-order chi connectivity index (χ1) is 11.2. The van der Waals surface area contributed by atoms with Crippen LogP contribution >= 0.6 is 0 Å². The average molecular weight is 373 g/mol. The standard InChI is InChI=1S/C16H24N2O4S2/c1-3-13-6-4-5-7-14(13)10-17-8-9-18(23(2,19)20)16-12-24(21,22)11-15(16)17/h4-7,15-16H,3,8-12H2,1-2H3/t15-,16+/m0/s1. The Balaban J connectivity index is 1.89. The summed E-state index contributed by atoms with van der Waals surface area (Å²) in [5.74, 6) is -0.0331. The Kier molecular flexibility index (Phi) is 4.76. The molecule has 6 nitrogen and oxygen atoms in total. The Bertz CT molecular complexity index is 820. The summed E-state index contributed by atoms with van der Waals surface area (Å²) in [6.45, 7) is 3.67. The second kappa shape index (κ2) is 6.40. The number of nitrogens with zero attached hydrogens (tertiary/aromatic N) is 2. The minimum atomic E-state index is -3.40. The number of hydrogen-bond donors (Lipinski definition) is 0. The number of piperazine rings is 1. The van der Waals surface area contributed by atoms with Gasteiger partial charge in [-0.15, -0.1) is 0 Å². The fraction of sp³-hybridized carbons (Fsp3) is 0.625. The van der Waals surface area contributed by atoms with Crippen molar-refractivity contribution in [3.63, 3.8) is 0 Å². The molecule has 1 aromatic carbocycles. The van der Waals surface area contributed by atoms with Crippen LogP contribution < -0.4 is 0 Å². The molecule has 0 unspecified atom stereocenters. The highest BCUT2D eigenvalue weighted by Gasteiger charge is 2.49. The van der Waals surface area contributed by atoms with Gasteiger partial charge in [-0.05, 0) is 17.5 Å². The fourth-order valence-corrected chi connectivity index (χ4v) is 7.10. The topological polar surface area (TPSA) is 74.8 Å². The molecular formula is C16H24N2O4S2. The lowest BCUT2D eigenvalue weighted by molar-refractivity contribution is 0.0893. The maximum atomic E-state index is 12.1. The number of fused-ring (bicyclic) bond motifs is 1. The number of hydrogen-bond acceptors (Lipinski definition) is 5. The summed E-state index contributed by atoms with van der Waals surface area (Å²) in [5, 5.41) is 0. The molecule has 2 saturated heterocycles. The first kappa shape index (κ1) is 17.8. The highest BCUT2D eigenvalue weighted by atomic mass is 32.2. The van der Waals surface area contributed by atoms with Crippen LogP contribution in [0, 0.1) is 0 Å². The molecule has 0 amide bonds. The Hall–Kier alpha value is -0.960. The van der Waals surface area contributed by atoms with E-state index in [4.69, 9.17) is 0 Å². The van der Waals surface area contributed by atoms with Crippen LogP contribution in [0.3, 0.4) is 0 Å². The third-order valence-corrected chi connectivity index (χ3v) is 8.04. The predicted octanol–water partition coefficient (Wildman–Crippen LogP) is 0.492. The third kappa shape index (κ3) is 3.51. The van der Waals surface area contributed by atoms with Gasteiger partial charge >= 0.3 is 0 Å². The highest BCUT2D eigenvalue weighted by molar-refractivity contribution is 7.92. The molecule has 2 aliphatic heterocycles. The van der Waals surface area contributed by atoms with Crippen LogP contribution in [0.15, 0.2) is 24.3 Å².